The van der Waals surface area contributed by atoms with Crippen LogP contribution in [-0.2, 0) is 21.3 Å². The Kier molecular flexibility index (Phi) is 6.07. The van der Waals surface area contributed by atoms with Crippen LogP contribution in [0.4, 0.5) is 0 Å². The van der Waals surface area contributed by atoms with Crippen LogP contribution < -0.4 is 10.0 Å². The van der Waals surface area contributed by atoms with Crippen LogP contribution in [0.25, 0.3) is 0 Å². The molecule has 0 radical (unpaired) electrons. The van der Waals surface area contributed by atoms with E-state index < -0.39 is 10.0 Å². The van der Waals surface area contributed by atoms with Gasteiger partial charge < -0.3 is 10.1 Å². The van der Waals surface area contributed by atoms with Crippen molar-refractivity contribution in [2.24, 2.45) is 0 Å². The van der Waals surface area contributed by atoms with Gasteiger partial charge in [0.15, 0.2) is 0 Å². The van der Waals surface area contributed by atoms with Crippen LogP contribution >= 0.6 is 11.3 Å². The highest BCUT2D eigenvalue weighted by atomic mass is 32.2. The SMILES string of the molecule is CNCc1csc(S(=O)(=O)NCCCOC)c1. The Hall–Kier alpha value is -0.470. The van der Waals surface area contributed by atoms with Gasteiger partial charge in [0.05, 0.1) is 0 Å². The summed E-state index contributed by atoms with van der Waals surface area (Å²) in [5.41, 5.74) is 0.981. The molecule has 2 N–H and O–H groups in total. The predicted molar refractivity (Wildman–Crippen MR) is 68.8 cm³/mol. The first-order valence-electron chi connectivity index (χ1n) is 5.31. The van der Waals surface area contributed by atoms with Gasteiger partial charge in [0.25, 0.3) is 0 Å². The van der Waals surface area contributed by atoms with E-state index in [1.807, 2.05) is 12.4 Å². The molecule has 1 aromatic rings. The summed E-state index contributed by atoms with van der Waals surface area (Å²) in [4.78, 5) is 0. The van der Waals surface area contributed by atoms with Gasteiger partial charge in [-0.15, -0.1) is 11.3 Å². The molecule has 0 amide bonds. The summed E-state index contributed by atoms with van der Waals surface area (Å²) in [5.74, 6) is 0. The van der Waals surface area contributed by atoms with Gasteiger partial charge in [-0.25, -0.2) is 13.1 Å². The fourth-order valence-electron chi connectivity index (χ4n) is 1.29. The van der Waals surface area contributed by atoms with Crippen molar-refractivity contribution in [3.63, 3.8) is 0 Å². The van der Waals surface area contributed by atoms with Crippen molar-refractivity contribution in [3.8, 4) is 0 Å². The molecule has 0 aliphatic heterocycles. The number of hydrogen-bond donors (Lipinski definition) is 2. The predicted octanol–water partition coefficient (Wildman–Crippen LogP) is 0.782. The lowest BCUT2D eigenvalue weighted by Gasteiger charge is -2.03. The molecule has 0 aliphatic rings. The van der Waals surface area contributed by atoms with E-state index in [0.29, 0.717) is 30.3 Å². The molecule has 0 fully saturated rings. The monoisotopic (exact) mass is 278 g/mol. The minimum absolute atomic E-state index is 0.361. The van der Waals surface area contributed by atoms with Crippen molar-refractivity contribution in [1.82, 2.24) is 10.0 Å². The van der Waals surface area contributed by atoms with Crippen LogP contribution in [0.1, 0.15) is 12.0 Å². The van der Waals surface area contributed by atoms with E-state index in [2.05, 4.69) is 10.0 Å². The first-order valence-corrected chi connectivity index (χ1v) is 7.67. The van der Waals surface area contributed by atoms with E-state index in [9.17, 15) is 8.42 Å². The van der Waals surface area contributed by atoms with Crippen LogP contribution in [-0.4, -0.2) is 35.7 Å². The molecule has 7 heteroatoms. The van der Waals surface area contributed by atoms with Crippen LogP contribution in [0.3, 0.4) is 0 Å². The summed E-state index contributed by atoms with van der Waals surface area (Å²) in [6.07, 6.45) is 0.671. The third kappa shape index (κ3) is 4.72. The number of nitrogens with one attached hydrogen (secondary N) is 2. The Morgan fingerprint density at radius 1 is 1.47 bits per heavy atom. The first-order chi connectivity index (χ1) is 8.10. The molecule has 0 unspecified atom stereocenters. The van der Waals surface area contributed by atoms with Crippen molar-refractivity contribution in [1.29, 1.82) is 0 Å². The quantitative estimate of drug-likeness (QED) is 0.690. The van der Waals surface area contributed by atoms with Crippen LogP contribution in [0.15, 0.2) is 15.7 Å². The molecule has 0 aliphatic carbocycles. The molecule has 0 saturated heterocycles. The highest BCUT2D eigenvalue weighted by Gasteiger charge is 2.15. The Balaban J connectivity index is 2.56. The van der Waals surface area contributed by atoms with Crippen molar-refractivity contribution >= 4 is 21.4 Å². The second-order valence-electron chi connectivity index (χ2n) is 3.55. The maximum atomic E-state index is 11.9. The molecule has 98 valence electrons. The van der Waals surface area contributed by atoms with Crippen molar-refractivity contribution in [3.05, 3.63) is 17.0 Å². The number of ether oxygens (including phenoxy) is 1. The summed E-state index contributed by atoms with van der Waals surface area (Å²) < 4.78 is 31.5. The number of methoxy groups -OCH3 is 1. The zero-order chi connectivity index (χ0) is 12.7. The van der Waals surface area contributed by atoms with Gasteiger partial charge >= 0.3 is 0 Å². The van der Waals surface area contributed by atoms with E-state index in [0.717, 1.165) is 5.56 Å². The largest absolute Gasteiger partial charge is 0.385 e. The minimum atomic E-state index is -3.35. The molecule has 17 heavy (non-hydrogen) atoms. The maximum Gasteiger partial charge on any atom is 0.250 e. The maximum absolute atomic E-state index is 11.9. The smallest absolute Gasteiger partial charge is 0.250 e. The van der Waals surface area contributed by atoms with Gasteiger partial charge in [-0.1, -0.05) is 0 Å². The Morgan fingerprint density at radius 2 is 2.24 bits per heavy atom. The van der Waals surface area contributed by atoms with E-state index in [-0.39, 0.29) is 0 Å². The number of rotatable bonds is 8. The van der Waals surface area contributed by atoms with E-state index in [1.54, 1.807) is 13.2 Å². The molecular weight excluding hydrogens is 260 g/mol. The molecule has 0 spiro atoms. The van der Waals surface area contributed by atoms with Crippen LogP contribution in [0, 0.1) is 0 Å². The number of thiophene rings is 1. The zero-order valence-corrected chi connectivity index (χ0v) is 11.7. The average molecular weight is 278 g/mol. The third-order valence-electron chi connectivity index (χ3n) is 2.09. The van der Waals surface area contributed by atoms with Gasteiger partial charge in [-0.05, 0) is 30.5 Å². The molecule has 1 aromatic heterocycles. The zero-order valence-electron chi connectivity index (χ0n) is 10.0. The van der Waals surface area contributed by atoms with E-state index in [1.165, 1.54) is 11.3 Å². The molecule has 5 nitrogen and oxygen atoms in total. The molecule has 1 rings (SSSR count). The minimum Gasteiger partial charge on any atom is -0.385 e. The summed E-state index contributed by atoms with van der Waals surface area (Å²) in [6.45, 7) is 1.63. The topological polar surface area (TPSA) is 67.4 Å². The lowest BCUT2D eigenvalue weighted by Crippen LogP contribution is -2.24. The highest BCUT2D eigenvalue weighted by molar-refractivity contribution is 7.91. The lowest BCUT2D eigenvalue weighted by atomic mass is 10.3. The van der Waals surface area contributed by atoms with Gasteiger partial charge in [0, 0.05) is 26.8 Å². The van der Waals surface area contributed by atoms with Crippen LogP contribution in [0.2, 0.25) is 0 Å². The van der Waals surface area contributed by atoms with Gasteiger partial charge in [-0.3, -0.25) is 0 Å². The lowest BCUT2D eigenvalue weighted by molar-refractivity contribution is 0.196. The van der Waals surface area contributed by atoms with Gasteiger partial charge in [0.1, 0.15) is 4.21 Å². The second kappa shape index (κ2) is 7.07. The summed E-state index contributed by atoms with van der Waals surface area (Å²) in [6, 6.07) is 1.69. The second-order valence-corrected chi connectivity index (χ2v) is 6.45. The first kappa shape index (κ1) is 14.6. The van der Waals surface area contributed by atoms with Gasteiger partial charge in [0.2, 0.25) is 10.0 Å². The number of sulfonamides is 1. The summed E-state index contributed by atoms with van der Waals surface area (Å²) >= 11 is 1.24. The van der Waals surface area contributed by atoms with Crippen molar-refractivity contribution in [2.45, 2.75) is 17.2 Å². The summed E-state index contributed by atoms with van der Waals surface area (Å²) in [5, 5.41) is 4.83. The molecule has 0 bridgehead atoms. The van der Waals surface area contributed by atoms with E-state index >= 15 is 0 Å². The summed E-state index contributed by atoms with van der Waals surface area (Å²) in [7, 11) is 0.0702. The highest BCUT2D eigenvalue weighted by Crippen LogP contribution is 2.19. The Bertz CT molecular complexity index is 429. The Morgan fingerprint density at radius 3 is 2.88 bits per heavy atom. The molecular formula is C10H18N2O3S2. The van der Waals surface area contributed by atoms with Gasteiger partial charge in [-0.2, -0.15) is 0 Å². The number of hydrogen-bond acceptors (Lipinski definition) is 5. The normalized spacial score (nSPS) is 11.9. The van der Waals surface area contributed by atoms with Crippen LogP contribution in [0.5, 0.6) is 0 Å². The van der Waals surface area contributed by atoms with Crippen molar-refractivity contribution < 1.29 is 13.2 Å². The Labute approximate surface area is 106 Å². The molecule has 0 aromatic carbocycles. The van der Waals surface area contributed by atoms with Crippen molar-refractivity contribution in [2.75, 3.05) is 27.3 Å². The average Bonchev–Trinajstić information content (AvgIpc) is 2.74. The standard InChI is InChI=1S/C10H18N2O3S2/c1-11-7-9-6-10(16-8-9)17(13,14)12-4-3-5-15-2/h6,8,11-12H,3-5,7H2,1-2H3. The fraction of sp³-hybridized carbons (Fsp3) is 0.600. The fourth-order valence-corrected chi connectivity index (χ4v) is 3.61. The van der Waals surface area contributed by atoms with E-state index in [4.69, 9.17) is 4.74 Å². The molecule has 1 heterocycles. The molecule has 0 atom stereocenters. The molecule has 0 saturated carbocycles. The third-order valence-corrected chi connectivity index (χ3v) is 5.04.